The molecule has 1 aromatic rings. The molecule has 0 aliphatic heterocycles. The summed E-state index contributed by atoms with van der Waals surface area (Å²) >= 11 is 7.68. The molecule has 0 bridgehead atoms. The Kier molecular flexibility index (Phi) is 5.51. The first-order chi connectivity index (χ1) is 7.18. The van der Waals surface area contributed by atoms with Crippen molar-refractivity contribution in [2.45, 2.75) is 5.75 Å². The predicted octanol–water partition coefficient (Wildman–Crippen LogP) is 3.34. The van der Waals surface area contributed by atoms with Crippen molar-refractivity contribution < 1.29 is 4.58 Å². The maximum Gasteiger partial charge on any atom is 0.164 e. The van der Waals surface area contributed by atoms with E-state index in [-0.39, 0.29) is 0 Å². The van der Waals surface area contributed by atoms with Gasteiger partial charge in [0.1, 0.15) is 14.1 Å². The molecule has 0 aliphatic rings. The van der Waals surface area contributed by atoms with Gasteiger partial charge in [-0.3, -0.25) is 0 Å². The quantitative estimate of drug-likeness (QED) is 0.576. The average Bonchev–Trinajstić information content (AvgIpc) is 2.25. The van der Waals surface area contributed by atoms with Crippen LogP contribution in [0.1, 0.15) is 5.56 Å². The molecule has 0 aliphatic carbocycles. The molecule has 0 aromatic heterocycles. The largest absolute Gasteiger partial charge is 0.241 e. The number of hydrogen-bond acceptors (Lipinski definition) is 1. The van der Waals surface area contributed by atoms with E-state index in [0.29, 0.717) is 0 Å². The highest BCUT2D eigenvalue weighted by atomic mass is 35.5. The molecule has 0 unspecified atom stereocenters. The summed E-state index contributed by atoms with van der Waals surface area (Å²) in [4.78, 5) is 0. The van der Waals surface area contributed by atoms with Crippen LogP contribution in [0.2, 0.25) is 0 Å². The van der Waals surface area contributed by atoms with Gasteiger partial charge in [0.15, 0.2) is 6.21 Å². The van der Waals surface area contributed by atoms with Gasteiger partial charge in [-0.1, -0.05) is 41.9 Å². The van der Waals surface area contributed by atoms with Crippen LogP contribution in [0, 0.1) is 0 Å². The van der Waals surface area contributed by atoms with Crippen molar-refractivity contribution in [3.05, 3.63) is 46.3 Å². The van der Waals surface area contributed by atoms with Crippen LogP contribution < -0.4 is 0 Å². The smallest absolute Gasteiger partial charge is 0.164 e. The Morgan fingerprint density at radius 1 is 1.33 bits per heavy atom. The summed E-state index contributed by atoms with van der Waals surface area (Å²) in [6, 6.07) is 10.3. The standard InChI is InChI=1S/C12H15ClNS/c1-14(2)9-8-12(13)15-10-11-6-4-3-5-7-11/h3-9H,10H2,1-2H3/q+1/b12-8+. The van der Waals surface area contributed by atoms with Crippen LogP contribution >= 0.6 is 23.4 Å². The van der Waals surface area contributed by atoms with Crippen molar-refractivity contribution in [2.75, 3.05) is 14.1 Å². The first-order valence-electron chi connectivity index (χ1n) is 4.72. The molecule has 0 saturated carbocycles. The number of allylic oxidation sites excluding steroid dienone is 1. The van der Waals surface area contributed by atoms with Crippen LogP contribution in [-0.4, -0.2) is 24.9 Å². The molecule has 3 heteroatoms. The van der Waals surface area contributed by atoms with E-state index in [2.05, 4.69) is 12.1 Å². The zero-order valence-electron chi connectivity index (χ0n) is 8.98. The maximum atomic E-state index is 6.04. The Balaban J connectivity index is 2.44. The third kappa shape index (κ3) is 5.65. The van der Waals surface area contributed by atoms with Gasteiger partial charge < -0.3 is 0 Å². The summed E-state index contributed by atoms with van der Waals surface area (Å²) in [6.45, 7) is 0. The Hall–Kier alpha value is -0.730. The third-order valence-electron chi connectivity index (χ3n) is 1.72. The predicted molar refractivity (Wildman–Crippen MR) is 69.8 cm³/mol. The van der Waals surface area contributed by atoms with Gasteiger partial charge in [0.25, 0.3) is 0 Å². The molecule has 0 atom stereocenters. The van der Waals surface area contributed by atoms with Gasteiger partial charge in [-0.25, -0.2) is 4.58 Å². The summed E-state index contributed by atoms with van der Waals surface area (Å²) in [7, 11) is 3.95. The second-order valence-corrected chi connectivity index (χ2v) is 5.01. The van der Waals surface area contributed by atoms with Crippen LogP contribution in [0.15, 0.2) is 40.8 Å². The first kappa shape index (κ1) is 12.3. The summed E-state index contributed by atoms with van der Waals surface area (Å²) < 4.78 is 2.78. The molecule has 0 amide bonds. The summed E-state index contributed by atoms with van der Waals surface area (Å²) in [6.07, 6.45) is 3.86. The lowest BCUT2D eigenvalue weighted by molar-refractivity contribution is -0.458. The lowest BCUT2D eigenvalue weighted by Crippen LogP contribution is -1.95. The number of nitrogens with zero attached hydrogens (tertiary/aromatic N) is 1. The fourth-order valence-electron chi connectivity index (χ4n) is 0.982. The van der Waals surface area contributed by atoms with Gasteiger partial charge in [0, 0.05) is 11.8 Å². The van der Waals surface area contributed by atoms with Gasteiger partial charge >= 0.3 is 0 Å². The van der Waals surface area contributed by atoms with Crippen LogP contribution in [0.4, 0.5) is 0 Å². The lowest BCUT2D eigenvalue weighted by atomic mass is 10.2. The average molecular weight is 241 g/mol. The highest BCUT2D eigenvalue weighted by molar-refractivity contribution is 8.03. The first-order valence-corrected chi connectivity index (χ1v) is 6.08. The van der Waals surface area contributed by atoms with E-state index < -0.39 is 0 Å². The van der Waals surface area contributed by atoms with Gasteiger partial charge in [-0.15, -0.1) is 11.8 Å². The summed E-state index contributed by atoms with van der Waals surface area (Å²) in [5, 5.41) is 0. The van der Waals surface area contributed by atoms with Gasteiger partial charge in [-0.05, 0) is 5.56 Å². The molecular formula is C12H15ClNS+. The molecule has 80 valence electrons. The molecule has 1 rings (SSSR count). The molecule has 0 heterocycles. The topological polar surface area (TPSA) is 3.01 Å². The Labute approximate surface area is 100 Å². The Morgan fingerprint density at radius 2 is 2.00 bits per heavy atom. The van der Waals surface area contributed by atoms with E-state index in [9.17, 15) is 0 Å². The van der Waals surface area contributed by atoms with Crippen molar-refractivity contribution in [1.82, 2.24) is 0 Å². The number of rotatable bonds is 4. The highest BCUT2D eigenvalue weighted by Crippen LogP contribution is 2.23. The van der Waals surface area contributed by atoms with E-state index in [1.165, 1.54) is 5.56 Å². The van der Waals surface area contributed by atoms with E-state index in [0.717, 1.165) is 10.1 Å². The monoisotopic (exact) mass is 240 g/mol. The van der Waals surface area contributed by atoms with Gasteiger partial charge in [-0.2, -0.15) is 0 Å². The number of hydrogen-bond donors (Lipinski definition) is 0. The molecular weight excluding hydrogens is 226 g/mol. The number of benzene rings is 1. The van der Waals surface area contributed by atoms with Crippen molar-refractivity contribution in [3.63, 3.8) is 0 Å². The van der Waals surface area contributed by atoms with E-state index in [1.807, 2.05) is 49.2 Å². The van der Waals surface area contributed by atoms with Gasteiger partial charge in [0.05, 0.1) is 4.36 Å². The van der Waals surface area contributed by atoms with Crippen molar-refractivity contribution in [1.29, 1.82) is 0 Å². The molecule has 0 radical (unpaired) electrons. The Morgan fingerprint density at radius 3 is 2.60 bits per heavy atom. The van der Waals surface area contributed by atoms with Crippen molar-refractivity contribution in [2.24, 2.45) is 0 Å². The number of thioether (sulfide) groups is 1. The molecule has 0 spiro atoms. The van der Waals surface area contributed by atoms with E-state index in [4.69, 9.17) is 11.6 Å². The maximum absolute atomic E-state index is 6.04. The zero-order valence-corrected chi connectivity index (χ0v) is 10.6. The molecule has 0 fully saturated rings. The molecule has 15 heavy (non-hydrogen) atoms. The molecule has 0 saturated heterocycles. The fourth-order valence-corrected chi connectivity index (χ4v) is 1.86. The van der Waals surface area contributed by atoms with Crippen LogP contribution in [0.25, 0.3) is 0 Å². The van der Waals surface area contributed by atoms with Crippen molar-refractivity contribution >= 4 is 29.6 Å². The summed E-state index contributed by atoms with van der Waals surface area (Å²) in [5.74, 6) is 0.914. The summed E-state index contributed by atoms with van der Waals surface area (Å²) in [5.41, 5.74) is 1.29. The van der Waals surface area contributed by atoms with Crippen LogP contribution in [0.3, 0.4) is 0 Å². The Bertz CT molecular complexity index is 353. The normalized spacial score (nSPS) is 11.3. The zero-order chi connectivity index (χ0) is 11.1. The minimum Gasteiger partial charge on any atom is -0.241 e. The number of halogens is 1. The molecule has 1 nitrogen and oxygen atoms in total. The molecule has 1 aromatic carbocycles. The highest BCUT2D eigenvalue weighted by Gasteiger charge is 1.95. The van der Waals surface area contributed by atoms with E-state index in [1.54, 1.807) is 11.8 Å². The van der Waals surface area contributed by atoms with Gasteiger partial charge in [0.2, 0.25) is 0 Å². The second-order valence-electron chi connectivity index (χ2n) is 3.36. The molecule has 0 N–H and O–H groups in total. The van der Waals surface area contributed by atoms with Crippen LogP contribution in [-0.2, 0) is 5.75 Å². The minimum atomic E-state index is 0.813. The second kappa shape index (κ2) is 6.70. The third-order valence-corrected chi connectivity index (χ3v) is 3.07. The SMILES string of the molecule is C[N+](C)=C/C=C(\Cl)SCc1ccccc1. The van der Waals surface area contributed by atoms with E-state index >= 15 is 0 Å². The van der Waals surface area contributed by atoms with Crippen LogP contribution in [0.5, 0.6) is 0 Å². The fraction of sp³-hybridized carbons (Fsp3) is 0.250. The van der Waals surface area contributed by atoms with Crippen molar-refractivity contribution in [3.8, 4) is 0 Å². The lowest BCUT2D eigenvalue weighted by Gasteiger charge is -1.98. The minimum absolute atomic E-state index is 0.813.